The highest BCUT2D eigenvalue weighted by molar-refractivity contribution is 6.30. The van der Waals surface area contributed by atoms with E-state index in [4.69, 9.17) is 11.6 Å². The lowest BCUT2D eigenvalue weighted by atomic mass is 10.0. The number of rotatable bonds is 3. The SMILES string of the molecule is Cc1ccccc1C(=O)Nc1ccc(C(=O)N2CCCC(O)c3cc(Cl)ccc32)c(C)c1.O. The summed E-state index contributed by atoms with van der Waals surface area (Å²) in [4.78, 5) is 27.8. The van der Waals surface area contributed by atoms with Crippen LogP contribution in [0.1, 0.15) is 56.4 Å². The van der Waals surface area contributed by atoms with Crippen molar-refractivity contribution in [3.63, 3.8) is 0 Å². The molecular weight excluding hydrogens is 440 g/mol. The summed E-state index contributed by atoms with van der Waals surface area (Å²) < 4.78 is 0. The molecule has 1 aliphatic heterocycles. The predicted octanol–water partition coefficient (Wildman–Crippen LogP) is 4.86. The molecule has 3 aromatic rings. The van der Waals surface area contributed by atoms with Gasteiger partial charge in [0.1, 0.15) is 0 Å². The number of fused-ring (bicyclic) bond motifs is 1. The van der Waals surface area contributed by atoms with Crippen molar-refractivity contribution in [1.82, 2.24) is 0 Å². The van der Waals surface area contributed by atoms with Crippen LogP contribution in [0.2, 0.25) is 5.02 Å². The van der Waals surface area contributed by atoms with Crippen molar-refractivity contribution >= 4 is 34.8 Å². The van der Waals surface area contributed by atoms with E-state index >= 15 is 0 Å². The van der Waals surface area contributed by atoms with Gasteiger partial charge in [0.15, 0.2) is 0 Å². The number of hydrogen-bond acceptors (Lipinski definition) is 3. The quantitative estimate of drug-likeness (QED) is 0.576. The third kappa shape index (κ3) is 5.09. The minimum atomic E-state index is -0.651. The van der Waals surface area contributed by atoms with Gasteiger partial charge in [-0.3, -0.25) is 9.59 Å². The molecule has 1 unspecified atom stereocenters. The topological polar surface area (TPSA) is 101 Å². The molecule has 0 bridgehead atoms. The highest BCUT2D eigenvalue weighted by Gasteiger charge is 2.27. The van der Waals surface area contributed by atoms with Crippen LogP contribution in [-0.2, 0) is 0 Å². The summed E-state index contributed by atoms with van der Waals surface area (Å²) in [5, 5.41) is 13.9. The Morgan fingerprint density at radius 3 is 2.48 bits per heavy atom. The van der Waals surface area contributed by atoms with E-state index < -0.39 is 6.10 Å². The first-order valence-corrected chi connectivity index (χ1v) is 11.0. The summed E-state index contributed by atoms with van der Waals surface area (Å²) in [6.45, 7) is 4.26. The van der Waals surface area contributed by atoms with Gasteiger partial charge in [-0.2, -0.15) is 0 Å². The van der Waals surface area contributed by atoms with Crippen LogP contribution in [0.4, 0.5) is 11.4 Å². The molecule has 33 heavy (non-hydrogen) atoms. The Kier molecular flexibility index (Phi) is 7.53. The van der Waals surface area contributed by atoms with Crippen LogP contribution in [0.25, 0.3) is 0 Å². The standard InChI is InChI=1S/C26H25ClN2O3.H2O/c1-16-6-3-4-7-20(16)25(31)28-19-10-11-21(17(2)14-19)26(32)29-13-5-8-24(30)22-15-18(27)9-12-23(22)29;/h3-4,6-7,9-12,14-15,24,30H,5,8,13H2,1-2H3,(H,28,31);1H2. The van der Waals surface area contributed by atoms with Gasteiger partial charge < -0.3 is 20.8 Å². The van der Waals surface area contributed by atoms with Crippen LogP contribution >= 0.6 is 11.6 Å². The largest absolute Gasteiger partial charge is 0.412 e. The van der Waals surface area contributed by atoms with Crippen molar-refractivity contribution in [3.8, 4) is 0 Å². The minimum Gasteiger partial charge on any atom is -0.412 e. The van der Waals surface area contributed by atoms with Crippen LogP contribution in [0.5, 0.6) is 0 Å². The molecule has 0 saturated heterocycles. The molecule has 0 fully saturated rings. The van der Waals surface area contributed by atoms with Crippen molar-refractivity contribution in [1.29, 1.82) is 0 Å². The van der Waals surface area contributed by atoms with Crippen molar-refractivity contribution in [3.05, 3.63) is 93.5 Å². The molecular formula is C26H27ClN2O4. The van der Waals surface area contributed by atoms with Crippen molar-refractivity contribution in [2.24, 2.45) is 0 Å². The maximum absolute atomic E-state index is 13.5. The number of nitrogens with one attached hydrogen (secondary N) is 1. The molecule has 172 valence electrons. The zero-order valence-corrected chi connectivity index (χ0v) is 19.3. The summed E-state index contributed by atoms with van der Waals surface area (Å²) in [5.74, 6) is -0.328. The number of hydrogen-bond donors (Lipinski definition) is 2. The fourth-order valence-corrected chi connectivity index (χ4v) is 4.30. The second-order valence-electron chi connectivity index (χ2n) is 8.12. The predicted molar refractivity (Wildman–Crippen MR) is 131 cm³/mol. The Hall–Kier alpha value is -3.19. The van der Waals surface area contributed by atoms with Crippen LogP contribution in [0.3, 0.4) is 0 Å². The van der Waals surface area contributed by atoms with E-state index in [1.165, 1.54) is 0 Å². The zero-order valence-electron chi connectivity index (χ0n) is 18.6. The highest BCUT2D eigenvalue weighted by Crippen LogP contribution is 2.36. The van der Waals surface area contributed by atoms with E-state index in [0.29, 0.717) is 52.5 Å². The fraction of sp³-hybridized carbons (Fsp3) is 0.231. The molecule has 1 atom stereocenters. The molecule has 4 rings (SSSR count). The second kappa shape index (κ2) is 10.2. The number of carbonyl (C=O) groups is 2. The van der Waals surface area contributed by atoms with Gasteiger partial charge >= 0.3 is 0 Å². The second-order valence-corrected chi connectivity index (χ2v) is 8.55. The molecule has 6 nitrogen and oxygen atoms in total. The number of anilines is 2. The average molecular weight is 467 g/mol. The molecule has 0 radical (unpaired) electrons. The van der Waals surface area contributed by atoms with Gasteiger partial charge in [-0.1, -0.05) is 29.8 Å². The molecule has 1 aliphatic rings. The number of benzene rings is 3. The Morgan fingerprint density at radius 1 is 1.00 bits per heavy atom. The normalized spacial score (nSPS) is 15.2. The maximum atomic E-state index is 13.5. The molecule has 1 heterocycles. The summed E-state index contributed by atoms with van der Waals surface area (Å²) in [6.07, 6.45) is 0.602. The molecule has 7 heteroatoms. The van der Waals surface area contributed by atoms with Crippen LogP contribution in [0, 0.1) is 13.8 Å². The first-order valence-electron chi connectivity index (χ1n) is 10.6. The first kappa shape index (κ1) is 24.5. The molecule has 3 aromatic carbocycles. The fourth-order valence-electron chi connectivity index (χ4n) is 4.12. The van der Waals surface area contributed by atoms with Crippen molar-refractivity contribution < 1.29 is 20.2 Å². The number of halogens is 1. The average Bonchev–Trinajstić information content (AvgIpc) is 2.92. The van der Waals surface area contributed by atoms with Gasteiger partial charge in [-0.15, -0.1) is 0 Å². The molecule has 0 aliphatic carbocycles. The highest BCUT2D eigenvalue weighted by atomic mass is 35.5. The number of nitrogens with zero attached hydrogens (tertiary/aromatic N) is 1. The Labute approximate surface area is 198 Å². The lowest BCUT2D eigenvalue weighted by Crippen LogP contribution is -2.32. The third-order valence-electron chi connectivity index (χ3n) is 5.85. The third-order valence-corrected chi connectivity index (χ3v) is 6.08. The van der Waals surface area contributed by atoms with Crippen molar-refractivity contribution in [2.45, 2.75) is 32.8 Å². The number of carbonyl (C=O) groups excluding carboxylic acids is 2. The van der Waals surface area contributed by atoms with E-state index in [9.17, 15) is 14.7 Å². The van der Waals surface area contributed by atoms with E-state index in [0.717, 1.165) is 11.1 Å². The minimum absolute atomic E-state index is 0. The van der Waals surface area contributed by atoms with Crippen LogP contribution in [-0.4, -0.2) is 28.9 Å². The molecule has 2 amide bonds. The molecule has 4 N–H and O–H groups in total. The van der Waals surface area contributed by atoms with E-state index in [1.807, 2.05) is 32.0 Å². The van der Waals surface area contributed by atoms with Gasteiger partial charge in [0.25, 0.3) is 11.8 Å². The number of aliphatic hydroxyl groups excluding tert-OH is 1. The number of amides is 2. The number of aryl methyl sites for hydroxylation is 2. The lowest BCUT2D eigenvalue weighted by molar-refractivity contribution is 0.0985. The monoisotopic (exact) mass is 466 g/mol. The summed E-state index contributed by atoms with van der Waals surface area (Å²) in [5.41, 5.74) is 4.81. The summed E-state index contributed by atoms with van der Waals surface area (Å²) in [6, 6.07) is 17.9. The zero-order chi connectivity index (χ0) is 22.8. The van der Waals surface area contributed by atoms with E-state index in [2.05, 4.69) is 5.32 Å². The van der Waals surface area contributed by atoms with Crippen LogP contribution < -0.4 is 10.2 Å². The molecule has 0 spiro atoms. The Morgan fingerprint density at radius 2 is 1.76 bits per heavy atom. The number of aliphatic hydroxyl groups is 1. The Balaban J connectivity index is 0.00000306. The van der Waals surface area contributed by atoms with Gasteiger partial charge in [0, 0.05) is 39.6 Å². The summed E-state index contributed by atoms with van der Waals surface area (Å²) >= 11 is 6.13. The van der Waals surface area contributed by atoms with Crippen molar-refractivity contribution in [2.75, 3.05) is 16.8 Å². The van der Waals surface area contributed by atoms with Gasteiger partial charge in [-0.25, -0.2) is 0 Å². The Bertz CT molecular complexity index is 1190. The maximum Gasteiger partial charge on any atom is 0.258 e. The smallest absolute Gasteiger partial charge is 0.258 e. The molecule has 0 aromatic heterocycles. The summed E-state index contributed by atoms with van der Waals surface area (Å²) in [7, 11) is 0. The lowest BCUT2D eigenvalue weighted by Gasteiger charge is -2.24. The molecule has 0 saturated carbocycles. The van der Waals surface area contributed by atoms with Gasteiger partial charge in [0.2, 0.25) is 0 Å². The van der Waals surface area contributed by atoms with Gasteiger partial charge in [-0.05, 0) is 80.3 Å². The van der Waals surface area contributed by atoms with Crippen LogP contribution in [0.15, 0.2) is 60.7 Å². The van der Waals surface area contributed by atoms with Gasteiger partial charge in [0.05, 0.1) is 6.10 Å². The van der Waals surface area contributed by atoms with E-state index in [1.54, 1.807) is 47.4 Å². The first-order chi connectivity index (χ1) is 15.3. The van der Waals surface area contributed by atoms with E-state index in [-0.39, 0.29) is 17.3 Å².